The molecule has 0 N–H and O–H groups in total. The zero-order valence-corrected chi connectivity index (χ0v) is 19.4. The number of ether oxygens (including phenoxy) is 2. The first-order valence-corrected chi connectivity index (χ1v) is 10.9. The quantitative estimate of drug-likeness (QED) is 0.587. The van der Waals surface area contributed by atoms with Gasteiger partial charge in [-0.15, -0.1) is 5.10 Å². The van der Waals surface area contributed by atoms with Crippen LogP contribution in [0.4, 0.5) is 0 Å². The second-order valence-electron chi connectivity index (χ2n) is 9.10. The summed E-state index contributed by atoms with van der Waals surface area (Å²) in [4.78, 5) is 25.2. The molecule has 2 aromatic carbocycles. The Hall–Kier alpha value is -3.66. The first-order valence-electron chi connectivity index (χ1n) is 10.9. The Labute approximate surface area is 194 Å². The zero-order valence-electron chi connectivity index (χ0n) is 19.4. The highest BCUT2D eigenvalue weighted by molar-refractivity contribution is 5.97. The van der Waals surface area contributed by atoms with E-state index in [9.17, 15) is 9.59 Å². The minimum Gasteiger partial charge on any atom is -0.466 e. The molecule has 3 rings (SSSR count). The number of benzene rings is 2. The van der Waals surface area contributed by atoms with E-state index in [1.807, 2.05) is 82.3 Å². The average molecular weight is 448 g/mol. The van der Waals surface area contributed by atoms with Gasteiger partial charge in [-0.25, -0.2) is 5.01 Å². The van der Waals surface area contributed by atoms with E-state index >= 15 is 0 Å². The third kappa shape index (κ3) is 6.42. The molecule has 2 unspecified atom stereocenters. The summed E-state index contributed by atoms with van der Waals surface area (Å²) in [6.07, 6.45) is 0.241. The average Bonchev–Trinajstić information content (AvgIpc) is 2.76. The topological polar surface area (TPSA) is 92.0 Å². The number of hydrazone groups is 1. The van der Waals surface area contributed by atoms with Crippen molar-refractivity contribution in [3.05, 3.63) is 71.3 Å². The van der Waals surface area contributed by atoms with Gasteiger partial charge in [0.15, 0.2) is 6.61 Å². The fourth-order valence-electron chi connectivity index (χ4n) is 3.57. The fraction of sp³-hybridized carbons (Fsp3) is 0.385. The van der Waals surface area contributed by atoms with Crippen molar-refractivity contribution in [2.24, 2.45) is 11.0 Å². The Morgan fingerprint density at radius 3 is 2.45 bits per heavy atom. The van der Waals surface area contributed by atoms with Gasteiger partial charge in [0.2, 0.25) is 5.90 Å². The standard InChI is InChI=1S/C26H29N3O4/c1-18(14-15-27)23(25(31)33-26(2,3)4)20-12-10-19(11-13-20)16-29-22(30)17-32-24(28-29)21-8-6-5-7-9-21/h5-13,18,23H,14,16-17H2,1-4H3. The van der Waals surface area contributed by atoms with Crippen LogP contribution in [0.1, 0.15) is 56.7 Å². The molecular weight excluding hydrogens is 418 g/mol. The molecule has 1 aliphatic heterocycles. The van der Waals surface area contributed by atoms with E-state index in [1.165, 1.54) is 5.01 Å². The van der Waals surface area contributed by atoms with E-state index in [2.05, 4.69) is 11.2 Å². The summed E-state index contributed by atoms with van der Waals surface area (Å²) in [6, 6.07) is 19.0. The van der Waals surface area contributed by atoms with Gasteiger partial charge < -0.3 is 9.47 Å². The molecule has 0 saturated carbocycles. The van der Waals surface area contributed by atoms with Gasteiger partial charge in [0.25, 0.3) is 5.91 Å². The molecule has 7 nitrogen and oxygen atoms in total. The number of rotatable bonds is 7. The minimum atomic E-state index is -0.618. The van der Waals surface area contributed by atoms with Gasteiger partial charge in [-0.3, -0.25) is 9.59 Å². The monoisotopic (exact) mass is 447 g/mol. The Bertz CT molecular complexity index is 1050. The molecule has 172 valence electrons. The molecule has 7 heteroatoms. The molecule has 33 heavy (non-hydrogen) atoms. The lowest BCUT2D eigenvalue weighted by Crippen LogP contribution is -2.36. The van der Waals surface area contributed by atoms with Crippen LogP contribution in [0.25, 0.3) is 0 Å². The molecular formula is C26H29N3O4. The lowest BCUT2D eigenvalue weighted by Gasteiger charge is -2.27. The van der Waals surface area contributed by atoms with Crippen molar-refractivity contribution in [2.75, 3.05) is 6.61 Å². The van der Waals surface area contributed by atoms with E-state index in [0.29, 0.717) is 5.90 Å². The van der Waals surface area contributed by atoms with Crippen LogP contribution in [0, 0.1) is 17.2 Å². The molecule has 0 aliphatic carbocycles. The lowest BCUT2D eigenvalue weighted by atomic mass is 9.85. The lowest BCUT2D eigenvalue weighted by molar-refractivity contribution is -0.158. The van der Waals surface area contributed by atoms with E-state index < -0.39 is 11.5 Å². The van der Waals surface area contributed by atoms with Crippen LogP contribution in [0.2, 0.25) is 0 Å². The smallest absolute Gasteiger partial charge is 0.314 e. The van der Waals surface area contributed by atoms with E-state index in [0.717, 1.165) is 16.7 Å². The number of nitriles is 1. The molecule has 0 fully saturated rings. The molecule has 0 aromatic heterocycles. The van der Waals surface area contributed by atoms with Crippen molar-refractivity contribution in [1.82, 2.24) is 5.01 Å². The Morgan fingerprint density at radius 1 is 1.18 bits per heavy atom. The maximum atomic E-state index is 12.9. The Balaban J connectivity index is 1.79. The third-order valence-electron chi connectivity index (χ3n) is 5.17. The van der Waals surface area contributed by atoms with Crippen molar-refractivity contribution < 1.29 is 19.1 Å². The Morgan fingerprint density at radius 2 is 1.85 bits per heavy atom. The maximum absolute atomic E-state index is 12.9. The highest BCUT2D eigenvalue weighted by Gasteiger charge is 2.31. The van der Waals surface area contributed by atoms with Crippen molar-refractivity contribution in [2.45, 2.75) is 52.2 Å². The SMILES string of the molecule is CC(CC#N)C(C(=O)OC(C)(C)C)c1ccc(CN2N=C(c3ccccc3)OCC2=O)cc1. The van der Waals surface area contributed by atoms with Gasteiger partial charge in [0.05, 0.1) is 18.5 Å². The van der Waals surface area contributed by atoms with Crippen LogP contribution in [-0.2, 0) is 25.6 Å². The van der Waals surface area contributed by atoms with Gasteiger partial charge in [-0.05, 0) is 49.9 Å². The number of esters is 1. The Kier molecular flexibility index (Phi) is 7.49. The summed E-state index contributed by atoms with van der Waals surface area (Å²) in [5.41, 5.74) is 1.82. The molecule has 1 amide bonds. The van der Waals surface area contributed by atoms with Crippen molar-refractivity contribution in [3.63, 3.8) is 0 Å². The summed E-state index contributed by atoms with van der Waals surface area (Å²) in [5, 5.41) is 14.9. The van der Waals surface area contributed by atoms with E-state index in [1.54, 1.807) is 0 Å². The molecule has 1 aliphatic rings. The highest BCUT2D eigenvalue weighted by Crippen LogP contribution is 2.30. The van der Waals surface area contributed by atoms with Crippen LogP contribution >= 0.6 is 0 Å². The second kappa shape index (κ2) is 10.3. The van der Waals surface area contributed by atoms with Crippen molar-refractivity contribution >= 4 is 17.8 Å². The number of amides is 1. The van der Waals surface area contributed by atoms with Crippen LogP contribution in [0.5, 0.6) is 0 Å². The van der Waals surface area contributed by atoms with E-state index in [4.69, 9.17) is 14.7 Å². The van der Waals surface area contributed by atoms with Gasteiger partial charge >= 0.3 is 5.97 Å². The minimum absolute atomic E-state index is 0.0712. The number of hydrogen-bond donors (Lipinski definition) is 0. The zero-order chi connectivity index (χ0) is 24.0. The molecule has 0 spiro atoms. The first-order chi connectivity index (χ1) is 15.7. The molecule has 0 radical (unpaired) electrons. The van der Waals surface area contributed by atoms with Crippen LogP contribution in [0.3, 0.4) is 0 Å². The van der Waals surface area contributed by atoms with Gasteiger partial charge in [-0.2, -0.15) is 5.26 Å². The number of nitrogens with zero attached hydrogens (tertiary/aromatic N) is 3. The predicted octanol–water partition coefficient (Wildman–Crippen LogP) is 4.38. The van der Waals surface area contributed by atoms with Crippen LogP contribution in [0.15, 0.2) is 59.7 Å². The number of carbonyl (C=O) groups is 2. The predicted molar refractivity (Wildman–Crippen MR) is 124 cm³/mol. The van der Waals surface area contributed by atoms with E-state index in [-0.39, 0.29) is 37.4 Å². The van der Waals surface area contributed by atoms with Gasteiger partial charge in [-0.1, -0.05) is 49.4 Å². The molecule has 0 bridgehead atoms. The normalized spacial score (nSPS) is 15.7. The number of carbonyl (C=O) groups excluding carboxylic acids is 2. The first kappa shape index (κ1) is 24.0. The summed E-state index contributed by atoms with van der Waals surface area (Å²) in [7, 11) is 0. The summed E-state index contributed by atoms with van der Waals surface area (Å²) in [5.74, 6) is -0.922. The van der Waals surface area contributed by atoms with Crippen LogP contribution < -0.4 is 0 Å². The third-order valence-corrected chi connectivity index (χ3v) is 5.17. The summed E-state index contributed by atoms with van der Waals surface area (Å²) >= 11 is 0. The molecule has 0 saturated heterocycles. The van der Waals surface area contributed by atoms with Crippen molar-refractivity contribution in [3.8, 4) is 6.07 Å². The maximum Gasteiger partial charge on any atom is 0.314 e. The molecule has 2 aromatic rings. The summed E-state index contributed by atoms with van der Waals surface area (Å²) < 4.78 is 11.1. The molecule has 2 atom stereocenters. The largest absolute Gasteiger partial charge is 0.466 e. The van der Waals surface area contributed by atoms with Gasteiger partial charge in [0.1, 0.15) is 5.60 Å². The molecule has 1 heterocycles. The van der Waals surface area contributed by atoms with Gasteiger partial charge in [0, 0.05) is 12.0 Å². The van der Waals surface area contributed by atoms with Crippen molar-refractivity contribution in [1.29, 1.82) is 5.26 Å². The highest BCUT2D eigenvalue weighted by atomic mass is 16.6. The summed E-state index contributed by atoms with van der Waals surface area (Å²) in [6.45, 7) is 7.55. The van der Waals surface area contributed by atoms with Crippen LogP contribution in [-0.4, -0.2) is 35.0 Å². The fourth-order valence-corrected chi connectivity index (χ4v) is 3.57. The second-order valence-corrected chi connectivity index (χ2v) is 9.10. The number of hydrogen-bond acceptors (Lipinski definition) is 6.